The number of fused-ring (bicyclic) bond motifs is 5. The molecule has 1 aliphatic carbocycles. The van der Waals surface area contributed by atoms with E-state index in [-0.39, 0.29) is 16.2 Å². The third-order valence-electron chi connectivity index (χ3n) is 16.9. The zero-order chi connectivity index (χ0) is 54.0. The summed E-state index contributed by atoms with van der Waals surface area (Å²) in [6, 6.07) is 99.6. The topological polar surface area (TPSA) is 3.24 Å². The first kappa shape index (κ1) is 49.5. The summed E-state index contributed by atoms with van der Waals surface area (Å²) in [5.74, 6) is 0. The van der Waals surface area contributed by atoms with Crippen molar-refractivity contribution in [1.82, 2.24) is 0 Å². The molecule has 1 aliphatic rings. The first-order valence-electron chi connectivity index (χ1n) is 28.0. The Hall–Kier alpha value is -9.04. The molecule has 0 aromatic heterocycles. The maximum atomic E-state index is 2.46. The van der Waals surface area contributed by atoms with Crippen molar-refractivity contribution in [3.63, 3.8) is 0 Å². The fraction of sp³-hybridized carbons (Fsp3) is 0.128. The molecule has 0 heterocycles. The molecule has 0 saturated carbocycles. The van der Waals surface area contributed by atoms with Crippen molar-refractivity contribution in [3.8, 4) is 66.8 Å². The van der Waals surface area contributed by atoms with Crippen molar-refractivity contribution >= 4 is 38.6 Å². The number of anilines is 3. The first-order valence-corrected chi connectivity index (χ1v) is 28.0. The molecule has 13 rings (SSSR count). The summed E-state index contributed by atoms with van der Waals surface area (Å²) in [4.78, 5) is 2.46. The zero-order valence-corrected chi connectivity index (χ0v) is 46.4. The highest BCUT2D eigenvalue weighted by molar-refractivity contribution is 6.09. The molecule has 12 aromatic carbocycles. The van der Waals surface area contributed by atoms with Gasteiger partial charge < -0.3 is 4.90 Å². The van der Waals surface area contributed by atoms with Crippen LogP contribution in [0.2, 0.25) is 0 Å². The lowest BCUT2D eigenvalue weighted by molar-refractivity contribution is 0.569. The molecule has 0 radical (unpaired) electrons. The molecule has 1 atom stereocenters. The van der Waals surface area contributed by atoms with E-state index in [9.17, 15) is 0 Å². The Morgan fingerprint density at radius 3 is 1.43 bits per heavy atom. The Bertz CT molecular complexity index is 4200. The first-order chi connectivity index (χ1) is 38.3. The highest BCUT2D eigenvalue weighted by Crippen LogP contribution is 2.54. The van der Waals surface area contributed by atoms with Crippen LogP contribution in [-0.4, -0.2) is 0 Å². The second-order valence-corrected chi connectivity index (χ2v) is 23.9. The molecule has 0 saturated heterocycles. The van der Waals surface area contributed by atoms with Gasteiger partial charge in [-0.1, -0.05) is 272 Å². The van der Waals surface area contributed by atoms with Crippen molar-refractivity contribution in [1.29, 1.82) is 0 Å². The van der Waals surface area contributed by atoms with E-state index in [1.165, 1.54) is 116 Å². The monoisotopic (exact) mass is 1020 g/mol. The zero-order valence-electron chi connectivity index (χ0n) is 46.4. The van der Waals surface area contributed by atoms with E-state index in [1.54, 1.807) is 0 Å². The van der Waals surface area contributed by atoms with Gasteiger partial charge in [0.05, 0.1) is 5.69 Å². The fourth-order valence-corrected chi connectivity index (χ4v) is 12.5. The van der Waals surface area contributed by atoms with Gasteiger partial charge in [-0.2, -0.15) is 0 Å². The SMILES string of the molecule is CC(C)(C)c1cc(-c2cccc3cccc(-c4ccccc4N(c4ccc(-c5ccc(-c6cccc7ccccc67)cc5)cc4)c4ccc(-c5ccc6c(c5)C(C)(c5ccccc5)c5ccccc5-6)cc4)c23)cc(C(C)(C)C)c1. The molecule has 1 heteroatoms. The van der Waals surface area contributed by atoms with Crippen LogP contribution in [0.1, 0.15) is 76.3 Å². The predicted octanol–water partition coefficient (Wildman–Crippen LogP) is 21.7. The largest absolute Gasteiger partial charge is 0.310 e. The minimum atomic E-state index is -0.277. The van der Waals surface area contributed by atoms with Crippen LogP contribution in [0.3, 0.4) is 0 Å². The van der Waals surface area contributed by atoms with Gasteiger partial charge >= 0.3 is 0 Å². The van der Waals surface area contributed by atoms with Gasteiger partial charge in [0.25, 0.3) is 0 Å². The van der Waals surface area contributed by atoms with Crippen LogP contribution < -0.4 is 4.90 Å². The third-order valence-corrected chi connectivity index (χ3v) is 16.9. The minimum Gasteiger partial charge on any atom is -0.310 e. The smallest absolute Gasteiger partial charge is 0.0540 e. The Kier molecular flexibility index (Phi) is 12.2. The highest BCUT2D eigenvalue weighted by Gasteiger charge is 2.40. The normalized spacial score (nSPS) is 14.1. The Labute approximate surface area is 467 Å². The summed E-state index contributed by atoms with van der Waals surface area (Å²) in [7, 11) is 0. The van der Waals surface area contributed by atoms with Crippen LogP contribution in [-0.2, 0) is 16.2 Å². The number of benzene rings is 12. The maximum absolute atomic E-state index is 2.46. The highest BCUT2D eigenvalue weighted by atomic mass is 15.1. The fourth-order valence-electron chi connectivity index (χ4n) is 12.5. The average molecular weight is 1020 g/mol. The molecule has 1 nitrogen and oxygen atoms in total. The summed E-state index contributed by atoms with van der Waals surface area (Å²) < 4.78 is 0. The molecule has 382 valence electrons. The van der Waals surface area contributed by atoms with E-state index < -0.39 is 0 Å². The van der Waals surface area contributed by atoms with Crippen LogP contribution in [0.4, 0.5) is 17.1 Å². The Morgan fingerprint density at radius 2 is 0.772 bits per heavy atom. The number of hydrogen-bond acceptors (Lipinski definition) is 1. The second kappa shape index (κ2) is 19.5. The molecule has 0 N–H and O–H groups in total. The third kappa shape index (κ3) is 8.85. The number of rotatable bonds is 9. The van der Waals surface area contributed by atoms with E-state index in [0.29, 0.717) is 0 Å². The standard InChI is InChI=1S/C78H65N/c1-76(2,3)61-48-59(49-62(51-61)77(4,5)6)67-30-18-22-57-23-19-31-71(75(57)67)70-28-14-16-33-74(70)79(63-43-38-53(39-44-63)52-34-36-56(37-35-52)66-29-17-21-55-20-11-12-26-65(55)66)64-45-40-54(41-46-64)58-42-47-69-68-27-13-15-32-72(68)78(7,73(69)50-58)60-24-9-8-10-25-60/h8-51H,1-7H3. The summed E-state index contributed by atoms with van der Waals surface area (Å²) in [5.41, 5.74) is 24.3. The van der Waals surface area contributed by atoms with Crippen LogP contribution in [0.5, 0.6) is 0 Å². The van der Waals surface area contributed by atoms with Gasteiger partial charge in [-0.25, -0.2) is 0 Å². The van der Waals surface area contributed by atoms with Gasteiger partial charge in [-0.3, -0.25) is 0 Å². The summed E-state index contributed by atoms with van der Waals surface area (Å²) in [5, 5.41) is 4.99. The van der Waals surface area contributed by atoms with Gasteiger partial charge in [0.1, 0.15) is 0 Å². The molecular weight excluding hydrogens is 951 g/mol. The van der Waals surface area contributed by atoms with Crippen LogP contribution in [0.25, 0.3) is 88.3 Å². The Morgan fingerprint density at radius 1 is 0.304 bits per heavy atom. The van der Waals surface area contributed by atoms with Gasteiger partial charge in [-0.15, -0.1) is 0 Å². The van der Waals surface area contributed by atoms with Gasteiger partial charge in [0, 0.05) is 22.4 Å². The average Bonchev–Trinajstić information content (AvgIpc) is 3.90. The summed E-state index contributed by atoms with van der Waals surface area (Å²) >= 11 is 0. The predicted molar refractivity (Wildman–Crippen MR) is 338 cm³/mol. The van der Waals surface area contributed by atoms with Crippen molar-refractivity contribution in [2.24, 2.45) is 0 Å². The Balaban J connectivity index is 0.937. The van der Waals surface area contributed by atoms with E-state index in [1.807, 2.05) is 0 Å². The molecule has 0 fully saturated rings. The molecule has 0 bridgehead atoms. The molecule has 12 aromatic rings. The second-order valence-electron chi connectivity index (χ2n) is 23.9. The van der Waals surface area contributed by atoms with Crippen molar-refractivity contribution in [2.45, 2.75) is 64.7 Å². The quantitative estimate of drug-likeness (QED) is 0.139. The van der Waals surface area contributed by atoms with Crippen LogP contribution in [0.15, 0.2) is 267 Å². The minimum absolute atomic E-state index is 0.0162. The number of hydrogen-bond donors (Lipinski definition) is 0. The number of nitrogens with zero attached hydrogens (tertiary/aromatic N) is 1. The van der Waals surface area contributed by atoms with Crippen molar-refractivity contribution < 1.29 is 0 Å². The van der Waals surface area contributed by atoms with E-state index >= 15 is 0 Å². The van der Waals surface area contributed by atoms with Crippen molar-refractivity contribution in [2.75, 3.05) is 4.90 Å². The van der Waals surface area contributed by atoms with Crippen molar-refractivity contribution in [3.05, 3.63) is 295 Å². The lowest BCUT2D eigenvalue weighted by Gasteiger charge is -2.29. The van der Waals surface area contributed by atoms with E-state index in [2.05, 4.69) is 320 Å². The summed E-state index contributed by atoms with van der Waals surface area (Å²) in [6.45, 7) is 16.4. The molecule has 0 aliphatic heterocycles. The molecular formula is C78H65N. The van der Waals surface area contributed by atoms with Crippen LogP contribution in [0, 0.1) is 0 Å². The van der Waals surface area contributed by atoms with E-state index in [4.69, 9.17) is 0 Å². The van der Waals surface area contributed by atoms with Gasteiger partial charge in [0.15, 0.2) is 0 Å². The molecule has 1 unspecified atom stereocenters. The van der Waals surface area contributed by atoms with Crippen LogP contribution >= 0.6 is 0 Å². The molecule has 0 spiro atoms. The van der Waals surface area contributed by atoms with Gasteiger partial charge in [-0.05, 0) is 165 Å². The lowest BCUT2D eigenvalue weighted by Crippen LogP contribution is -2.22. The maximum Gasteiger partial charge on any atom is 0.0540 e. The summed E-state index contributed by atoms with van der Waals surface area (Å²) in [6.07, 6.45) is 0. The molecule has 0 amide bonds. The molecule has 79 heavy (non-hydrogen) atoms. The lowest BCUT2D eigenvalue weighted by atomic mass is 9.74. The van der Waals surface area contributed by atoms with Gasteiger partial charge in [0.2, 0.25) is 0 Å². The number of para-hydroxylation sites is 1. The van der Waals surface area contributed by atoms with E-state index in [0.717, 1.165) is 17.1 Å².